The number of rotatable bonds is 5. The molecule has 0 aromatic rings. The van der Waals surface area contributed by atoms with Gasteiger partial charge in [0.2, 0.25) is 0 Å². The van der Waals surface area contributed by atoms with E-state index in [0.29, 0.717) is 0 Å². The molecule has 4 nitrogen and oxygen atoms in total. The summed E-state index contributed by atoms with van der Waals surface area (Å²) in [4.78, 5) is 10.6. The van der Waals surface area contributed by atoms with E-state index in [1.165, 1.54) is 0 Å². The van der Waals surface area contributed by atoms with E-state index in [0.717, 1.165) is 25.7 Å². The predicted molar refractivity (Wildman–Crippen MR) is 52.7 cm³/mol. The second kappa shape index (κ2) is 3.77. The molecule has 0 spiro atoms. The number of amides is 1. The number of carbonyl (C=O) groups is 1. The Balaban J connectivity index is 2.32. The number of aliphatic hydroxyl groups is 1. The largest absolute Gasteiger partial charge is 0.444 e. The van der Waals surface area contributed by atoms with Crippen LogP contribution in [0.2, 0.25) is 0 Å². The molecule has 0 atom stereocenters. The highest BCUT2D eigenvalue weighted by molar-refractivity contribution is 5.65. The summed E-state index contributed by atoms with van der Waals surface area (Å²) in [7, 11) is 0. The van der Waals surface area contributed by atoms with Crippen molar-refractivity contribution in [1.29, 1.82) is 0 Å². The van der Waals surface area contributed by atoms with E-state index in [-0.39, 0.29) is 12.0 Å². The molecule has 0 saturated heterocycles. The SMILES string of the molecule is CC(C)(CCC1(CO)CC1)OC(N)=O. The van der Waals surface area contributed by atoms with E-state index in [1.807, 2.05) is 13.8 Å². The molecule has 0 unspecified atom stereocenters. The zero-order valence-electron chi connectivity index (χ0n) is 8.88. The molecule has 3 N–H and O–H groups in total. The van der Waals surface area contributed by atoms with Crippen molar-refractivity contribution < 1.29 is 14.6 Å². The number of aliphatic hydroxyl groups excluding tert-OH is 1. The van der Waals surface area contributed by atoms with Crippen LogP contribution in [0.5, 0.6) is 0 Å². The lowest BCUT2D eigenvalue weighted by Crippen LogP contribution is -2.32. The minimum Gasteiger partial charge on any atom is -0.444 e. The van der Waals surface area contributed by atoms with Gasteiger partial charge in [0.1, 0.15) is 5.60 Å². The number of hydrogen-bond donors (Lipinski definition) is 2. The van der Waals surface area contributed by atoms with E-state index in [9.17, 15) is 4.79 Å². The van der Waals surface area contributed by atoms with Crippen molar-refractivity contribution in [1.82, 2.24) is 0 Å². The van der Waals surface area contributed by atoms with Gasteiger partial charge in [-0.15, -0.1) is 0 Å². The van der Waals surface area contributed by atoms with Crippen LogP contribution in [-0.4, -0.2) is 23.4 Å². The fourth-order valence-electron chi connectivity index (χ4n) is 1.55. The molecule has 82 valence electrons. The van der Waals surface area contributed by atoms with Crippen LogP contribution < -0.4 is 5.73 Å². The van der Waals surface area contributed by atoms with Crippen molar-refractivity contribution in [3.05, 3.63) is 0 Å². The third-order valence-electron chi connectivity index (χ3n) is 2.93. The molecule has 0 radical (unpaired) electrons. The van der Waals surface area contributed by atoms with Gasteiger partial charge in [0.25, 0.3) is 0 Å². The molecule has 1 rings (SSSR count). The van der Waals surface area contributed by atoms with Gasteiger partial charge in [-0.3, -0.25) is 0 Å². The quantitative estimate of drug-likeness (QED) is 0.706. The third-order valence-corrected chi connectivity index (χ3v) is 2.93. The van der Waals surface area contributed by atoms with E-state index in [4.69, 9.17) is 15.6 Å². The van der Waals surface area contributed by atoms with Crippen LogP contribution in [-0.2, 0) is 4.74 Å². The minimum absolute atomic E-state index is 0.109. The third kappa shape index (κ3) is 3.18. The Hall–Kier alpha value is -0.770. The molecule has 0 heterocycles. The molecule has 0 bridgehead atoms. The van der Waals surface area contributed by atoms with Gasteiger partial charge in [-0.2, -0.15) is 0 Å². The van der Waals surface area contributed by atoms with Crippen molar-refractivity contribution in [2.45, 2.75) is 45.1 Å². The Morgan fingerprint density at radius 1 is 1.57 bits per heavy atom. The van der Waals surface area contributed by atoms with Gasteiger partial charge in [0.05, 0.1) is 0 Å². The number of ether oxygens (including phenoxy) is 1. The first-order valence-electron chi connectivity index (χ1n) is 4.99. The summed E-state index contributed by atoms with van der Waals surface area (Å²) in [5.74, 6) is 0. The van der Waals surface area contributed by atoms with E-state index in [1.54, 1.807) is 0 Å². The molecular formula is C10H19NO3. The number of hydrogen-bond acceptors (Lipinski definition) is 3. The maximum Gasteiger partial charge on any atom is 0.405 e. The van der Waals surface area contributed by atoms with Crippen LogP contribution in [0.1, 0.15) is 39.5 Å². The zero-order valence-corrected chi connectivity index (χ0v) is 8.88. The van der Waals surface area contributed by atoms with Gasteiger partial charge in [-0.05, 0) is 44.9 Å². The monoisotopic (exact) mass is 201 g/mol. The standard InChI is InChI=1S/C10H19NO3/c1-9(2,14-8(11)13)3-4-10(7-12)5-6-10/h12H,3-7H2,1-2H3,(H2,11,13). The van der Waals surface area contributed by atoms with Gasteiger partial charge < -0.3 is 15.6 Å². The van der Waals surface area contributed by atoms with Crippen molar-refractivity contribution in [2.75, 3.05) is 6.61 Å². The first-order chi connectivity index (χ1) is 6.39. The van der Waals surface area contributed by atoms with Gasteiger partial charge >= 0.3 is 6.09 Å². The fourth-order valence-corrected chi connectivity index (χ4v) is 1.55. The summed E-state index contributed by atoms with van der Waals surface area (Å²) in [6.07, 6.45) is 3.07. The van der Waals surface area contributed by atoms with Crippen LogP contribution in [0.3, 0.4) is 0 Å². The Labute approximate surface area is 84.4 Å². The fraction of sp³-hybridized carbons (Fsp3) is 0.900. The first-order valence-corrected chi connectivity index (χ1v) is 4.99. The highest BCUT2D eigenvalue weighted by Gasteiger charge is 2.42. The highest BCUT2D eigenvalue weighted by Crippen LogP contribution is 2.50. The first kappa shape index (κ1) is 11.3. The van der Waals surface area contributed by atoms with Crippen molar-refractivity contribution >= 4 is 6.09 Å². The Morgan fingerprint density at radius 3 is 2.50 bits per heavy atom. The maximum atomic E-state index is 10.6. The normalized spacial score (nSPS) is 19.1. The number of primary amides is 1. The number of carbonyl (C=O) groups excluding carboxylic acids is 1. The van der Waals surface area contributed by atoms with Crippen molar-refractivity contribution in [3.63, 3.8) is 0 Å². The molecular weight excluding hydrogens is 182 g/mol. The molecule has 1 aliphatic carbocycles. The highest BCUT2D eigenvalue weighted by atomic mass is 16.6. The molecule has 1 fully saturated rings. The van der Waals surface area contributed by atoms with E-state index in [2.05, 4.69) is 0 Å². The van der Waals surface area contributed by atoms with Gasteiger partial charge in [0.15, 0.2) is 0 Å². The van der Waals surface area contributed by atoms with Crippen molar-refractivity contribution in [2.24, 2.45) is 11.1 Å². The molecule has 0 aromatic carbocycles. The minimum atomic E-state index is -0.733. The van der Waals surface area contributed by atoms with E-state index >= 15 is 0 Å². The predicted octanol–water partition coefficient (Wildman–Crippen LogP) is 1.41. The van der Waals surface area contributed by atoms with E-state index < -0.39 is 11.7 Å². The van der Waals surface area contributed by atoms with Crippen LogP contribution >= 0.6 is 0 Å². The Kier molecular flexibility index (Phi) is 3.04. The molecule has 4 heteroatoms. The maximum absolute atomic E-state index is 10.6. The summed E-state index contributed by atoms with van der Waals surface area (Å²) in [5, 5.41) is 9.10. The molecule has 1 aliphatic rings. The zero-order chi connectivity index (χ0) is 10.8. The summed E-state index contributed by atoms with van der Waals surface area (Å²) < 4.78 is 4.96. The average molecular weight is 201 g/mol. The molecule has 14 heavy (non-hydrogen) atoms. The lowest BCUT2D eigenvalue weighted by atomic mass is 9.93. The van der Waals surface area contributed by atoms with Crippen LogP contribution in [0, 0.1) is 5.41 Å². The molecule has 1 amide bonds. The van der Waals surface area contributed by atoms with Crippen molar-refractivity contribution in [3.8, 4) is 0 Å². The summed E-state index contributed by atoms with van der Waals surface area (Å²) in [6.45, 7) is 3.91. The van der Waals surface area contributed by atoms with Gasteiger partial charge in [-0.1, -0.05) is 0 Å². The van der Waals surface area contributed by atoms with Crippen LogP contribution in [0.25, 0.3) is 0 Å². The van der Waals surface area contributed by atoms with Crippen LogP contribution in [0.15, 0.2) is 0 Å². The van der Waals surface area contributed by atoms with Gasteiger partial charge in [-0.25, -0.2) is 4.79 Å². The summed E-state index contributed by atoms with van der Waals surface area (Å²) in [6, 6.07) is 0. The molecule has 0 aromatic heterocycles. The Bertz CT molecular complexity index is 221. The average Bonchev–Trinajstić information content (AvgIpc) is 2.79. The summed E-state index contributed by atoms with van der Waals surface area (Å²) in [5.41, 5.74) is 4.55. The lowest BCUT2D eigenvalue weighted by Gasteiger charge is -2.25. The molecule has 0 aliphatic heterocycles. The van der Waals surface area contributed by atoms with Gasteiger partial charge in [0, 0.05) is 6.61 Å². The second-order valence-corrected chi connectivity index (χ2v) is 4.84. The van der Waals surface area contributed by atoms with Crippen LogP contribution in [0.4, 0.5) is 4.79 Å². The topological polar surface area (TPSA) is 72.6 Å². The molecule has 1 saturated carbocycles. The number of nitrogens with two attached hydrogens (primary N) is 1. The summed E-state index contributed by atoms with van der Waals surface area (Å²) >= 11 is 0. The lowest BCUT2D eigenvalue weighted by molar-refractivity contribution is 0.0302. The smallest absolute Gasteiger partial charge is 0.405 e. The second-order valence-electron chi connectivity index (χ2n) is 4.84. The Morgan fingerprint density at radius 2 is 2.14 bits per heavy atom.